The van der Waals surface area contributed by atoms with Crippen LogP contribution in [0.15, 0.2) is 53.3 Å². The van der Waals surface area contributed by atoms with Gasteiger partial charge in [0.2, 0.25) is 0 Å². The number of nitrogens with one attached hydrogen (secondary N) is 2. The highest BCUT2D eigenvalue weighted by atomic mass is 16.5. The van der Waals surface area contributed by atoms with Crippen molar-refractivity contribution in [3.63, 3.8) is 0 Å². The molecule has 7 heteroatoms. The fourth-order valence-corrected chi connectivity index (χ4v) is 2.99. The second-order valence-corrected chi connectivity index (χ2v) is 6.41. The lowest BCUT2D eigenvalue weighted by atomic mass is 10.1. The van der Waals surface area contributed by atoms with Gasteiger partial charge in [0.1, 0.15) is 5.75 Å². The van der Waals surface area contributed by atoms with Crippen molar-refractivity contribution in [3.8, 4) is 5.75 Å². The van der Waals surface area contributed by atoms with E-state index in [1.807, 2.05) is 43.3 Å². The molecular formula is C20H22N4O3. The average molecular weight is 366 g/mol. The van der Waals surface area contributed by atoms with E-state index in [4.69, 9.17) is 4.74 Å². The Morgan fingerprint density at radius 2 is 1.81 bits per heavy atom. The summed E-state index contributed by atoms with van der Waals surface area (Å²) in [5, 5.41) is 10.2. The van der Waals surface area contributed by atoms with Gasteiger partial charge in [-0.1, -0.05) is 30.3 Å². The highest BCUT2D eigenvalue weighted by Gasteiger charge is 2.18. The molecule has 3 rings (SSSR count). The molecule has 0 aliphatic rings. The van der Waals surface area contributed by atoms with Gasteiger partial charge >= 0.3 is 0 Å². The number of carbonyl (C=O) groups excluding carboxylic acids is 1. The summed E-state index contributed by atoms with van der Waals surface area (Å²) >= 11 is 0. The first kappa shape index (κ1) is 18.6. The number of fused-ring (bicyclic) bond motifs is 1. The monoisotopic (exact) mass is 366 g/mol. The first-order valence-electron chi connectivity index (χ1n) is 8.57. The zero-order chi connectivity index (χ0) is 19.4. The third-order valence-corrected chi connectivity index (χ3v) is 4.49. The van der Waals surface area contributed by atoms with Gasteiger partial charge in [-0.05, 0) is 37.9 Å². The maximum Gasteiger partial charge on any atom is 0.272 e. The van der Waals surface area contributed by atoms with Crippen LogP contribution in [0.2, 0.25) is 0 Å². The Hall–Kier alpha value is -3.19. The maximum atomic E-state index is 12.7. The minimum absolute atomic E-state index is 0.0196. The highest BCUT2D eigenvalue weighted by molar-refractivity contribution is 6.04. The van der Waals surface area contributed by atoms with E-state index in [0.29, 0.717) is 17.3 Å². The third-order valence-electron chi connectivity index (χ3n) is 4.49. The number of carbonyl (C=O) groups is 1. The SMILES string of the molecule is COc1ccc([C@@H](CNC(=O)c2n[nH]c(=O)c3ccccc23)N(C)C)cc1. The Morgan fingerprint density at radius 3 is 2.44 bits per heavy atom. The first-order valence-corrected chi connectivity index (χ1v) is 8.57. The van der Waals surface area contributed by atoms with Crippen LogP contribution in [0.3, 0.4) is 0 Å². The molecule has 140 valence electrons. The Bertz CT molecular complexity index is 996. The number of H-pyrrole nitrogens is 1. The van der Waals surface area contributed by atoms with Crippen LogP contribution in [0.5, 0.6) is 5.75 Å². The maximum absolute atomic E-state index is 12.7. The second kappa shape index (κ2) is 8.01. The van der Waals surface area contributed by atoms with Gasteiger partial charge < -0.3 is 15.0 Å². The van der Waals surface area contributed by atoms with Crippen LogP contribution in [-0.4, -0.2) is 48.8 Å². The summed E-state index contributed by atoms with van der Waals surface area (Å²) in [5.41, 5.74) is 0.948. The Kier molecular flexibility index (Phi) is 5.52. The molecular weight excluding hydrogens is 344 g/mol. The van der Waals surface area contributed by atoms with E-state index in [2.05, 4.69) is 15.5 Å². The zero-order valence-electron chi connectivity index (χ0n) is 15.5. The van der Waals surface area contributed by atoms with Crippen molar-refractivity contribution < 1.29 is 9.53 Å². The van der Waals surface area contributed by atoms with Crippen LogP contribution in [0.25, 0.3) is 10.8 Å². The molecule has 2 aromatic carbocycles. The van der Waals surface area contributed by atoms with Gasteiger partial charge in [-0.2, -0.15) is 5.10 Å². The van der Waals surface area contributed by atoms with E-state index in [1.165, 1.54) is 0 Å². The molecule has 0 bridgehead atoms. The number of amides is 1. The van der Waals surface area contributed by atoms with Crippen LogP contribution in [0, 0.1) is 0 Å². The van der Waals surface area contributed by atoms with Crippen molar-refractivity contribution in [2.45, 2.75) is 6.04 Å². The summed E-state index contributed by atoms with van der Waals surface area (Å²) in [7, 11) is 5.53. The minimum atomic E-state index is -0.331. The Labute approximate surface area is 157 Å². The molecule has 3 aromatic rings. The van der Waals surface area contributed by atoms with E-state index in [-0.39, 0.29) is 23.2 Å². The number of likely N-dealkylation sites (N-methyl/N-ethyl adjacent to an activating group) is 1. The average Bonchev–Trinajstić information content (AvgIpc) is 2.68. The van der Waals surface area contributed by atoms with Gasteiger partial charge in [-0.25, -0.2) is 5.10 Å². The van der Waals surface area contributed by atoms with Gasteiger partial charge in [-0.3, -0.25) is 9.59 Å². The second-order valence-electron chi connectivity index (χ2n) is 6.41. The van der Waals surface area contributed by atoms with E-state index in [1.54, 1.807) is 31.4 Å². The fourth-order valence-electron chi connectivity index (χ4n) is 2.99. The number of aromatic amines is 1. The lowest BCUT2D eigenvalue weighted by Crippen LogP contribution is -2.35. The molecule has 7 nitrogen and oxygen atoms in total. The van der Waals surface area contributed by atoms with Gasteiger partial charge in [0, 0.05) is 11.9 Å². The molecule has 0 saturated carbocycles. The summed E-state index contributed by atoms with van der Waals surface area (Å²) in [6.07, 6.45) is 0. The summed E-state index contributed by atoms with van der Waals surface area (Å²) in [4.78, 5) is 26.6. The van der Waals surface area contributed by atoms with Crippen LogP contribution in [0.1, 0.15) is 22.1 Å². The van der Waals surface area contributed by atoms with Crippen molar-refractivity contribution in [1.29, 1.82) is 0 Å². The molecule has 2 N–H and O–H groups in total. The largest absolute Gasteiger partial charge is 0.497 e. The molecule has 1 amide bonds. The van der Waals surface area contributed by atoms with Crippen molar-refractivity contribution in [3.05, 3.63) is 70.1 Å². The topological polar surface area (TPSA) is 87.3 Å². The molecule has 0 aliphatic carbocycles. The molecule has 1 heterocycles. The van der Waals surface area contributed by atoms with E-state index < -0.39 is 0 Å². The molecule has 0 saturated heterocycles. The molecule has 0 fully saturated rings. The number of methoxy groups -OCH3 is 1. The van der Waals surface area contributed by atoms with Crippen LogP contribution < -0.4 is 15.6 Å². The number of nitrogens with zero attached hydrogens (tertiary/aromatic N) is 2. The quantitative estimate of drug-likeness (QED) is 0.696. The smallest absolute Gasteiger partial charge is 0.272 e. The zero-order valence-corrected chi connectivity index (χ0v) is 15.5. The predicted molar refractivity (Wildman–Crippen MR) is 104 cm³/mol. The standard InChI is InChI=1S/C20H22N4O3/c1-24(2)17(13-8-10-14(27-3)11-9-13)12-21-20(26)18-15-6-4-5-7-16(15)19(25)23-22-18/h4-11,17H,12H2,1-3H3,(H,21,26)(H,23,25)/t17-/m1/s1. The van der Waals surface area contributed by atoms with Crippen LogP contribution >= 0.6 is 0 Å². The molecule has 0 spiro atoms. The molecule has 1 atom stereocenters. The Morgan fingerprint density at radius 1 is 1.15 bits per heavy atom. The molecule has 1 aromatic heterocycles. The van der Waals surface area contributed by atoms with Crippen LogP contribution in [-0.2, 0) is 0 Å². The number of aromatic nitrogens is 2. The van der Waals surface area contributed by atoms with Gasteiger partial charge in [-0.15, -0.1) is 0 Å². The van der Waals surface area contributed by atoms with Gasteiger partial charge in [0.15, 0.2) is 5.69 Å². The predicted octanol–water partition coefficient (Wildman–Crippen LogP) is 1.96. The molecule has 0 radical (unpaired) electrons. The van der Waals surface area contributed by atoms with Crippen molar-refractivity contribution in [2.24, 2.45) is 0 Å². The molecule has 0 aliphatic heterocycles. The molecule has 27 heavy (non-hydrogen) atoms. The third kappa shape index (κ3) is 3.98. The number of ether oxygens (including phenoxy) is 1. The van der Waals surface area contributed by atoms with Crippen LogP contribution in [0.4, 0.5) is 0 Å². The van der Waals surface area contributed by atoms with E-state index in [0.717, 1.165) is 11.3 Å². The van der Waals surface area contributed by atoms with Crippen molar-refractivity contribution in [1.82, 2.24) is 20.4 Å². The summed E-state index contributed by atoms with van der Waals surface area (Å²) in [5.74, 6) is 0.451. The fraction of sp³-hybridized carbons (Fsp3) is 0.250. The van der Waals surface area contributed by atoms with Crippen molar-refractivity contribution in [2.75, 3.05) is 27.7 Å². The van der Waals surface area contributed by atoms with E-state index >= 15 is 0 Å². The number of rotatable bonds is 6. The number of hydrogen-bond donors (Lipinski definition) is 2. The lowest BCUT2D eigenvalue weighted by Gasteiger charge is -2.25. The minimum Gasteiger partial charge on any atom is -0.497 e. The Balaban J connectivity index is 1.81. The van der Waals surface area contributed by atoms with Crippen molar-refractivity contribution >= 4 is 16.7 Å². The number of benzene rings is 2. The summed E-state index contributed by atoms with van der Waals surface area (Å²) < 4.78 is 5.20. The summed E-state index contributed by atoms with van der Waals surface area (Å²) in [6, 6.07) is 14.6. The molecule has 0 unspecified atom stereocenters. The summed E-state index contributed by atoms with van der Waals surface area (Å²) in [6.45, 7) is 0.396. The van der Waals surface area contributed by atoms with E-state index in [9.17, 15) is 9.59 Å². The lowest BCUT2D eigenvalue weighted by molar-refractivity contribution is 0.0937. The van der Waals surface area contributed by atoms with Gasteiger partial charge in [0.25, 0.3) is 11.5 Å². The number of hydrogen-bond acceptors (Lipinski definition) is 5. The van der Waals surface area contributed by atoms with Gasteiger partial charge in [0.05, 0.1) is 18.5 Å². The normalized spacial score (nSPS) is 12.1. The first-order chi connectivity index (χ1) is 13.0. The highest BCUT2D eigenvalue weighted by Crippen LogP contribution is 2.21.